The van der Waals surface area contributed by atoms with Crippen LogP contribution in [0.1, 0.15) is 61.2 Å². The van der Waals surface area contributed by atoms with Gasteiger partial charge in [-0.3, -0.25) is 4.79 Å². The Morgan fingerprint density at radius 2 is 1.92 bits per heavy atom. The fraction of sp³-hybridized carbons (Fsp3) is 0.500. The molecule has 0 spiro atoms. The van der Waals surface area contributed by atoms with E-state index in [-0.39, 0.29) is 11.0 Å². The van der Waals surface area contributed by atoms with Crippen LogP contribution < -0.4 is 4.74 Å². The number of thioether (sulfide) groups is 1. The van der Waals surface area contributed by atoms with Crippen molar-refractivity contribution >= 4 is 17.5 Å². The van der Waals surface area contributed by atoms with Gasteiger partial charge in [-0.2, -0.15) is 0 Å². The summed E-state index contributed by atoms with van der Waals surface area (Å²) >= 11 is 1.32. The molecule has 1 heterocycles. The molecule has 0 radical (unpaired) electrons. The molecule has 5 nitrogen and oxygen atoms in total. The first kappa shape index (κ1) is 17.0. The fourth-order valence-corrected chi connectivity index (χ4v) is 3.74. The lowest BCUT2D eigenvalue weighted by Crippen LogP contribution is -2.13. The van der Waals surface area contributed by atoms with Gasteiger partial charge in [0, 0.05) is 11.5 Å². The molecule has 1 fully saturated rings. The normalized spacial score (nSPS) is 16.8. The molecule has 1 aliphatic carbocycles. The van der Waals surface area contributed by atoms with Crippen LogP contribution in [0.4, 0.5) is 0 Å². The highest BCUT2D eigenvalue weighted by molar-refractivity contribution is 8.00. The molecule has 128 valence electrons. The number of carbonyl (C=O) groups excluding carboxylic acids is 1. The predicted octanol–water partition coefficient (Wildman–Crippen LogP) is 4.49. The Morgan fingerprint density at radius 1 is 1.21 bits per heavy atom. The van der Waals surface area contributed by atoms with E-state index in [0.717, 1.165) is 24.5 Å². The molecular formula is C18H22N2O3S. The minimum Gasteiger partial charge on any atom is -0.497 e. The number of hydrogen-bond acceptors (Lipinski definition) is 6. The lowest BCUT2D eigenvalue weighted by atomic mass is 9.89. The van der Waals surface area contributed by atoms with Gasteiger partial charge in [-0.15, -0.1) is 10.2 Å². The third kappa shape index (κ3) is 3.98. The van der Waals surface area contributed by atoms with Gasteiger partial charge in [-0.1, -0.05) is 31.0 Å². The molecule has 1 unspecified atom stereocenters. The van der Waals surface area contributed by atoms with E-state index in [1.165, 1.54) is 31.0 Å². The van der Waals surface area contributed by atoms with Gasteiger partial charge in [-0.25, -0.2) is 0 Å². The molecular weight excluding hydrogens is 324 g/mol. The summed E-state index contributed by atoms with van der Waals surface area (Å²) in [6.45, 7) is 1.86. The van der Waals surface area contributed by atoms with Gasteiger partial charge in [0.15, 0.2) is 5.78 Å². The summed E-state index contributed by atoms with van der Waals surface area (Å²) in [6, 6.07) is 7.13. The Hall–Kier alpha value is -1.82. The highest BCUT2D eigenvalue weighted by Gasteiger charge is 2.24. The number of benzene rings is 1. The molecule has 1 aliphatic rings. The maximum Gasteiger partial charge on any atom is 0.277 e. The smallest absolute Gasteiger partial charge is 0.277 e. The third-order valence-corrected chi connectivity index (χ3v) is 5.33. The maximum absolute atomic E-state index is 12.5. The monoisotopic (exact) mass is 346 g/mol. The van der Waals surface area contributed by atoms with E-state index >= 15 is 0 Å². The van der Waals surface area contributed by atoms with Crippen molar-refractivity contribution in [3.63, 3.8) is 0 Å². The summed E-state index contributed by atoms with van der Waals surface area (Å²) in [6.07, 6.45) is 5.97. The highest BCUT2D eigenvalue weighted by atomic mass is 32.2. The first-order chi connectivity index (χ1) is 11.7. The molecule has 1 saturated carbocycles. The summed E-state index contributed by atoms with van der Waals surface area (Å²) < 4.78 is 10.9. The number of Topliss-reactive ketones (excluding diaryl/α,β-unsaturated/α-hetero) is 1. The summed E-state index contributed by atoms with van der Waals surface area (Å²) in [4.78, 5) is 12.5. The lowest BCUT2D eigenvalue weighted by Gasteiger charge is -2.17. The van der Waals surface area contributed by atoms with Crippen LogP contribution in [0.25, 0.3) is 0 Å². The number of aromatic nitrogens is 2. The van der Waals surface area contributed by atoms with Crippen LogP contribution in [-0.2, 0) is 0 Å². The molecule has 0 N–H and O–H groups in total. The second kappa shape index (κ2) is 7.83. The summed E-state index contributed by atoms with van der Waals surface area (Å²) in [5, 5.41) is 8.49. The lowest BCUT2D eigenvalue weighted by molar-refractivity contribution is 0.0993. The summed E-state index contributed by atoms with van der Waals surface area (Å²) in [7, 11) is 1.61. The SMILES string of the molecule is COc1ccc(C(=O)C(C)Sc2nnc(C3CCCCC3)o2)cc1. The summed E-state index contributed by atoms with van der Waals surface area (Å²) in [5.74, 6) is 1.88. The predicted molar refractivity (Wildman–Crippen MR) is 92.8 cm³/mol. The number of carbonyl (C=O) groups is 1. The van der Waals surface area contributed by atoms with E-state index in [1.807, 2.05) is 6.92 Å². The number of nitrogens with zero attached hydrogens (tertiary/aromatic N) is 2. The second-order valence-corrected chi connectivity index (χ2v) is 7.39. The second-order valence-electron chi connectivity index (χ2n) is 6.09. The Morgan fingerprint density at radius 3 is 2.58 bits per heavy atom. The molecule has 0 bridgehead atoms. The van der Waals surface area contributed by atoms with Gasteiger partial charge in [0.05, 0.1) is 12.4 Å². The zero-order chi connectivity index (χ0) is 16.9. The molecule has 1 aromatic heterocycles. The number of ketones is 1. The van der Waals surface area contributed by atoms with Gasteiger partial charge in [0.2, 0.25) is 5.89 Å². The Balaban J connectivity index is 1.62. The van der Waals surface area contributed by atoms with Crippen molar-refractivity contribution < 1.29 is 13.9 Å². The van der Waals surface area contributed by atoms with Crippen LogP contribution in [-0.4, -0.2) is 28.3 Å². The van der Waals surface area contributed by atoms with Crippen molar-refractivity contribution in [3.8, 4) is 5.75 Å². The summed E-state index contributed by atoms with van der Waals surface area (Å²) in [5.41, 5.74) is 0.655. The van der Waals surface area contributed by atoms with Crippen molar-refractivity contribution in [1.29, 1.82) is 0 Å². The van der Waals surface area contributed by atoms with E-state index in [9.17, 15) is 4.79 Å². The van der Waals surface area contributed by atoms with Crippen LogP contribution in [0, 0.1) is 0 Å². The molecule has 0 aliphatic heterocycles. The number of rotatable bonds is 6. The zero-order valence-electron chi connectivity index (χ0n) is 14.0. The van der Waals surface area contributed by atoms with E-state index in [1.54, 1.807) is 31.4 Å². The molecule has 3 rings (SSSR count). The highest BCUT2D eigenvalue weighted by Crippen LogP contribution is 2.34. The molecule has 2 aromatic rings. The van der Waals surface area contributed by atoms with Gasteiger partial charge in [0.25, 0.3) is 5.22 Å². The fourth-order valence-electron chi connectivity index (χ4n) is 2.98. The topological polar surface area (TPSA) is 65.2 Å². The third-order valence-electron chi connectivity index (χ3n) is 4.40. The Labute approximate surface area is 146 Å². The minimum absolute atomic E-state index is 0.0417. The van der Waals surface area contributed by atoms with E-state index in [0.29, 0.717) is 16.7 Å². The van der Waals surface area contributed by atoms with E-state index in [4.69, 9.17) is 9.15 Å². The molecule has 0 saturated heterocycles. The molecule has 1 atom stereocenters. The van der Waals surface area contributed by atoms with Gasteiger partial charge >= 0.3 is 0 Å². The first-order valence-corrected chi connectivity index (χ1v) is 9.23. The average molecular weight is 346 g/mol. The number of ether oxygens (including phenoxy) is 1. The number of methoxy groups -OCH3 is 1. The minimum atomic E-state index is -0.280. The first-order valence-electron chi connectivity index (χ1n) is 8.35. The van der Waals surface area contributed by atoms with Crippen molar-refractivity contribution in [2.45, 2.75) is 55.4 Å². The Bertz CT molecular complexity index is 678. The van der Waals surface area contributed by atoms with Crippen LogP contribution in [0.2, 0.25) is 0 Å². The van der Waals surface area contributed by atoms with Crippen LogP contribution >= 0.6 is 11.8 Å². The van der Waals surface area contributed by atoms with Crippen LogP contribution in [0.5, 0.6) is 5.75 Å². The van der Waals surface area contributed by atoms with Crippen molar-refractivity contribution in [1.82, 2.24) is 10.2 Å². The van der Waals surface area contributed by atoms with Crippen molar-refractivity contribution in [3.05, 3.63) is 35.7 Å². The van der Waals surface area contributed by atoms with Crippen molar-refractivity contribution in [2.24, 2.45) is 0 Å². The van der Waals surface area contributed by atoms with Gasteiger partial charge in [0.1, 0.15) is 5.75 Å². The van der Waals surface area contributed by atoms with Gasteiger partial charge in [-0.05, 0) is 44.0 Å². The van der Waals surface area contributed by atoms with Crippen LogP contribution in [0.15, 0.2) is 33.9 Å². The van der Waals surface area contributed by atoms with Crippen LogP contribution in [0.3, 0.4) is 0 Å². The molecule has 1 aromatic carbocycles. The molecule has 6 heteroatoms. The quantitative estimate of drug-likeness (QED) is 0.567. The molecule has 24 heavy (non-hydrogen) atoms. The standard InChI is InChI=1S/C18H22N2O3S/c1-12(16(21)13-8-10-15(22-2)11-9-13)24-18-20-19-17(23-18)14-6-4-3-5-7-14/h8-12,14H,3-7H2,1-2H3. The van der Waals surface area contributed by atoms with Crippen molar-refractivity contribution in [2.75, 3.05) is 7.11 Å². The van der Waals surface area contributed by atoms with Gasteiger partial charge < -0.3 is 9.15 Å². The zero-order valence-corrected chi connectivity index (χ0v) is 14.8. The maximum atomic E-state index is 12.5. The Kier molecular flexibility index (Phi) is 5.56. The largest absolute Gasteiger partial charge is 0.497 e. The molecule has 0 amide bonds. The number of hydrogen-bond donors (Lipinski definition) is 0. The van der Waals surface area contributed by atoms with E-state index in [2.05, 4.69) is 10.2 Å². The average Bonchev–Trinajstić information content (AvgIpc) is 3.10. The van der Waals surface area contributed by atoms with E-state index < -0.39 is 0 Å².